The van der Waals surface area contributed by atoms with Crippen LogP contribution in [0.1, 0.15) is 18.2 Å². The van der Waals surface area contributed by atoms with Gasteiger partial charge in [-0.3, -0.25) is 4.79 Å². The van der Waals surface area contributed by atoms with E-state index in [1.807, 2.05) is 36.4 Å². The second kappa shape index (κ2) is 6.79. The Morgan fingerprint density at radius 2 is 1.91 bits per heavy atom. The number of hydrogen-bond donors (Lipinski definition) is 1. The molecule has 3 rings (SSSR count). The number of carbonyl (C=O) groups is 1. The van der Waals surface area contributed by atoms with E-state index in [1.165, 1.54) is 0 Å². The lowest BCUT2D eigenvalue weighted by Gasteiger charge is -2.07. The van der Waals surface area contributed by atoms with Crippen molar-refractivity contribution < 1.29 is 9.21 Å². The van der Waals surface area contributed by atoms with Crippen LogP contribution in [0, 0.1) is 0 Å². The largest absolute Gasteiger partial charge is 0.463 e. The lowest BCUT2D eigenvalue weighted by Crippen LogP contribution is -2.21. The topological polar surface area (TPSA) is 54.6 Å². The molecule has 2 aromatic carbocycles. The zero-order valence-corrected chi connectivity index (χ0v) is 14.1. The molecule has 0 spiro atoms. The number of nitrogens with zero attached hydrogens (tertiary/aromatic N) is 1. The van der Waals surface area contributed by atoms with Crippen molar-refractivity contribution in [2.75, 3.05) is 0 Å². The van der Waals surface area contributed by atoms with Crippen LogP contribution in [0.25, 0.3) is 10.8 Å². The van der Waals surface area contributed by atoms with Crippen molar-refractivity contribution in [2.45, 2.75) is 13.3 Å². The lowest BCUT2D eigenvalue weighted by molar-refractivity contribution is -0.120. The van der Waals surface area contributed by atoms with Crippen LogP contribution in [-0.4, -0.2) is 11.6 Å². The number of amides is 1. The van der Waals surface area contributed by atoms with Crippen LogP contribution in [-0.2, 0) is 11.2 Å². The molecule has 5 heteroatoms. The standard InChI is InChI=1S/C18H15BrN2O2/c1-12(17-7-4-10-23-17)20-21-18(22)11-13-8-9-16(19)15-6-3-2-5-14(13)15/h2-10H,11H2,1H3,(H,21,22). The molecule has 1 amide bonds. The molecule has 0 unspecified atom stereocenters. The monoisotopic (exact) mass is 370 g/mol. The fraction of sp³-hybridized carbons (Fsp3) is 0.111. The van der Waals surface area contributed by atoms with Crippen molar-refractivity contribution in [3.05, 3.63) is 70.6 Å². The molecule has 0 radical (unpaired) electrons. The highest BCUT2D eigenvalue weighted by atomic mass is 79.9. The van der Waals surface area contributed by atoms with Gasteiger partial charge in [0.1, 0.15) is 11.5 Å². The number of halogens is 1. The first-order valence-electron chi connectivity index (χ1n) is 7.18. The molecule has 1 N–H and O–H groups in total. The molecule has 0 fully saturated rings. The molecule has 0 aliphatic carbocycles. The van der Waals surface area contributed by atoms with E-state index in [1.54, 1.807) is 25.3 Å². The van der Waals surface area contributed by atoms with Gasteiger partial charge in [0, 0.05) is 4.47 Å². The molecular formula is C18H15BrN2O2. The fourth-order valence-corrected chi connectivity index (χ4v) is 2.86. The van der Waals surface area contributed by atoms with Gasteiger partial charge in [0.2, 0.25) is 5.91 Å². The molecule has 0 aliphatic rings. The third-order valence-corrected chi connectivity index (χ3v) is 4.23. The molecule has 0 saturated heterocycles. The first-order valence-corrected chi connectivity index (χ1v) is 7.97. The fourth-order valence-electron chi connectivity index (χ4n) is 2.38. The Kier molecular flexibility index (Phi) is 4.57. The van der Waals surface area contributed by atoms with E-state index in [0.717, 1.165) is 20.8 Å². The third kappa shape index (κ3) is 3.51. The van der Waals surface area contributed by atoms with Crippen LogP contribution < -0.4 is 5.43 Å². The first-order chi connectivity index (χ1) is 11.1. The van der Waals surface area contributed by atoms with Gasteiger partial charge >= 0.3 is 0 Å². The maximum absolute atomic E-state index is 12.2. The van der Waals surface area contributed by atoms with Gasteiger partial charge < -0.3 is 4.42 Å². The Bertz CT molecular complexity index is 870. The van der Waals surface area contributed by atoms with Gasteiger partial charge in [-0.1, -0.05) is 46.3 Å². The summed E-state index contributed by atoms with van der Waals surface area (Å²) in [4.78, 5) is 12.2. The summed E-state index contributed by atoms with van der Waals surface area (Å²) in [7, 11) is 0. The number of rotatable bonds is 4. The van der Waals surface area contributed by atoms with Gasteiger partial charge in [-0.2, -0.15) is 5.10 Å². The summed E-state index contributed by atoms with van der Waals surface area (Å²) in [6.45, 7) is 1.79. The van der Waals surface area contributed by atoms with Crippen molar-refractivity contribution in [2.24, 2.45) is 5.10 Å². The second-order valence-corrected chi connectivity index (χ2v) is 5.99. The number of carbonyl (C=O) groups excluding carboxylic acids is 1. The number of nitrogens with one attached hydrogen (secondary N) is 1. The van der Waals surface area contributed by atoms with Crippen molar-refractivity contribution in [1.29, 1.82) is 0 Å². The van der Waals surface area contributed by atoms with Crippen molar-refractivity contribution >= 4 is 38.3 Å². The highest BCUT2D eigenvalue weighted by Crippen LogP contribution is 2.27. The quantitative estimate of drug-likeness (QED) is 0.550. The molecule has 23 heavy (non-hydrogen) atoms. The van der Waals surface area contributed by atoms with Gasteiger partial charge in [-0.05, 0) is 41.5 Å². The van der Waals surface area contributed by atoms with E-state index < -0.39 is 0 Å². The summed E-state index contributed by atoms with van der Waals surface area (Å²) in [6.07, 6.45) is 1.84. The Labute approximate surface area is 142 Å². The van der Waals surface area contributed by atoms with E-state index in [9.17, 15) is 4.79 Å². The molecule has 3 aromatic rings. The minimum atomic E-state index is -0.164. The SMILES string of the molecule is CC(=NNC(=O)Cc1ccc(Br)c2ccccc12)c1ccco1. The summed E-state index contributed by atoms with van der Waals surface area (Å²) in [5.41, 5.74) is 4.17. The van der Waals surface area contributed by atoms with E-state index in [4.69, 9.17) is 4.42 Å². The van der Waals surface area contributed by atoms with E-state index in [2.05, 4.69) is 26.5 Å². The minimum Gasteiger partial charge on any atom is -0.463 e. The maximum atomic E-state index is 12.2. The van der Waals surface area contributed by atoms with E-state index >= 15 is 0 Å². The van der Waals surface area contributed by atoms with Gasteiger partial charge in [0.15, 0.2) is 0 Å². The average Bonchev–Trinajstić information content (AvgIpc) is 3.10. The molecule has 4 nitrogen and oxygen atoms in total. The highest BCUT2D eigenvalue weighted by molar-refractivity contribution is 9.10. The number of furan rings is 1. The van der Waals surface area contributed by atoms with Gasteiger partial charge in [0.25, 0.3) is 0 Å². The maximum Gasteiger partial charge on any atom is 0.244 e. The number of hydrogen-bond acceptors (Lipinski definition) is 3. The summed E-state index contributed by atoms with van der Waals surface area (Å²) in [5, 5.41) is 6.22. The summed E-state index contributed by atoms with van der Waals surface area (Å²) in [6, 6.07) is 15.5. The van der Waals surface area contributed by atoms with Crippen molar-refractivity contribution in [1.82, 2.24) is 5.43 Å². The second-order valence-electron chi connectivity index (χ2n) is 5.14. The van der Waals surface area contributed by atoms with Crippen LogP contribution in [0.2, 0.25) is 0 Å². The summed E-state index contributed by atoms with van der Waals surface area (Å²) >= 11 is 3.54. The molecule has 0 aliphatic heterocycles. The van der Waals surface area contributed by atoms with Gasteiger partial charge in [0.05, 0.1) is 12.7 Å². The molecule has 0 atom stereocenters. The smallest absolute Gasteiger partial charge is 0.244 e. The zero-order chi connectivity index (χ0) is 16.2. The van der Waals surface area contributed by atoms with Crippen LogP contribution in [0.5, 0.6) is 0 Å². The highest BCUT2D eigenvalue weighted by Gasteiger charge is 2.09. The van der Waals surface area contributed by atoms with Crippen LogP contribution in [0.15, 0.2) is 68.8 Å². The summed E-state index contributed by atoms with van der Waals surface area (Å²) in [5.74, 6) is 0.475. The van der Waals surface area contributed by atoms with Gasteiger partial charge in [-0.25, -0.2) is 5.43 Å². The van der Waals surface area contributed by atoms with E-state index in [0.29, 0.717) is 11.5 Å². The number of benzene rings is 2. The minimum absolute atomic E-state index is 0.164. The normalized spacial score (nSPS) is 11.7. The lowest BCUT2D eigenvalue weighted by atomic mass is 10.0. The van der Waals surface area contributed by atoms with Crippen molar-refractivity contribution in [3.8, 4) is 0 Å². The van der Waals surface area contributed by atoms with Crippen LogP contribution in [0.4, 0.5) is 0 Å². The predicted octanol–water partition coefficient (Wildman–Crippen LogP) is 4.28. The first kappa shape index (κ1) is 15.5. The van der Waals surface area contributed by atoms with Crippen LogP contribution in [0.3, 0.4) is 0 Å². The van der Waals surface area contributed by atoms with Crippen LogP contribution >= 0.6 is 15.9 Å². The van der Waals surface area contributed by atoms with E-state index in [-0.39, 0.29) is 12.3 Å². The zero-order valence-electron chi connectivity index (χ0n) is 12.5. The third-order valence-electron chi connectivity index (χ3n) is 3.54. The Hall–Kier alpha value is -2.40. The summed E-state index contributed by atoms with van der Waals surface area (Å²) < 4.78 is 6.25. The average molecular weight is 371 g/mol. The molecule has 0 saturated carbocycles. The Morgan fingerprint density at radius 1 is 1.13 bits per heavy atom. The number of fused-ring (bicyclic) bond motifs is 1. The predicted molar refractivity (Wildman–Crippen MR) is 94.4 cm³/mol. The molecule has 116 valence electrons. The molecule has 1 heterocycles. The van der Waals surface area contributed by atoms with Gasteiger partial charge in [-0.15, -0.1) is 0 Å². The Morgan fingerprint density at radius 3 is 2.65 bits per heavy atom. The molecular weight excluding hydrogens is 356 g/mol. The molecule has 0 bridgehead atoms. The molecule has 1 aromatic heterocycles. The Balaban J connectivity index is 1.76. The van der Waals surface area contributed by atoms with Crippen molar-refractivity contribution in [3.63, 3.8) is 0 Å². The number of hydrazone groups is 1.